The molecule has 1 aromatic carbocycles. The molecule has 1 heterocycles. The van der Waals surface area contributed by atoms with Crippen molar-refractivity contribution in [3.8, 4) is 0 Å². The van der Waals surface area contributed by atoms with Crippen LogP contribution in [0.2, 0.25) is 0 Å². The van der Waals surface area contributed by atoms with Crippen molar-refractivity contribution in [2.24, 2.45) is 0 Å². The number of pyridine rings is 1. The van der Waals surface area contributed by atoms with Crippen LogP contribution < -0.4 is 16.2 Å². The minimum atomic E-state index is -0.229. The van der Waals surface area contributed by atoms with Crippen LogP contribution in [0.4, 0.5) is 4.79 Å². The van der Waals surface area contributed by atoms with Crippen LogP contribution in [0.25, 0.3) is 0 Å². The second kappa shape index (κ2) is 6.28. The molecule has 0 bridgehead atoms. The maximum absolute atomic E-state index is 12.0. The Balaban J connectivity index is 1.53. The number of aromatic amines is 1. The minimum Gasteiger partial charge on any atom is -0.335 e. The normalized spacial score (nSPS) is 19.2. The molecule has 5 nitrogen and oxygen atoms in total. The summed E-state index contributed by atoms with van der Waals surface area (Å²) in [6.07, 6.45) is 0.960. The molecular weight excluding hydrogens is 290 g/mol. The smallest absolute Gasteiger partial charge is 0.315 e. The molecule has 0 aliphatic heterocycles. The number of aromatic nitrogens is 1. The zero-order valence-corrected chi connectivity index (χ0v) is 13.3. The average molecular weight is 311 g/mol. The summed E-state index contributed by atoms with van der Waals surface area (Å²) in [5.74, 6) is 0.395. The first-order valence-electron chi connectivity index (χ1n) is 7.83. The molecule has 1 aliphatic carbocycles. The Kier molecular flexibility index (Phi) is 4.19. The fraction of sp³-hybridized carbons (Fsp3) is 0.333. The summed E-state index contributed by atoms with van der Waals surface area (Å²) >= 11 is 0. The number of hydrogen-bond donors (Lipinski definition) is 3. The first-order valence-corrected chi connectivity index (χ1v) is 7.83. The third kappa shape index (κ3) is 3.62. The quantitative estimate of drug-likeness (QED) is 0.811. The summed E-state index contributed by atoms with van der Waals surface area (Å²) in [6, 6.07) is 12.0. The number of rotatable bonds is 4. The van der Waals surface area contributed by atoms with Gasteiger partial charge in [0.2, 0.25) is 0 Å². The van der Waals surface area contributed by atoms with Crippen molar-refractivity contribution >= 4 is 6.03 Å². The van der Waals surface area contributed by atoms with Crippen molar-refractivity contribution in [2.75, 3.05) is 0 Å². The van der Waals surface area contributed by atoms with Gasteiger partial charge in [-0.2, -0.15) is 0 Å². The number of aryl methyl sites for hydroxylation is 2. The molecule has 3 rings (SSSR count). The molecule has 0 radical (unpaired) electrons. The molecule has 2 atom stereocenters. The molecule has 23 heavy (non-hydrogen) atoms. The zero-order valence-electron chi connectivity index (χ0n) is 13.3. The van der Waals surface area contributed by atoms with E-state index in [1.54, 1.807) is 0 Å². The number of H-pyrrole nitrogens is 1. The van der Waals surface area contributed by atoms with Crippen molar-refractivity contribution in [3.63, 3.8) is 0 Å². The second-order valence-electron chi connectivity index (χ2n) is 6.13. The molecule has 2 amide bonds. The summed E-state index contributed by atoms with van der Waals surface area (Å²) in [5.41, 5.74) is 3.42. The van der Waals surface area contributed by atoms with Gasteiger partial charge in [-0.25, -0.2) is 4.79 Å². The Bertz CT molecular complexity index is 768. The maximum atomic E-state index is 12.0. The van der Waals surface area contributed by atoms with Crippen molar-refractivity contribution in [2.45, 2.75) is 38.8 Å². The van der Waals surface area contributed by atoms with Gasteiger partial charge in [0.1, 0.15) is 0 Å². The molecule has 1 aromatic heterocycles. The van der Waals surface area contributed by atoms with Gasteiger partial charge in [-0.05, 0) is 37.5 Å². The maximum Gasteiger partial charge on any atom is 0.315 e. The summed E-state index contributed by atoms with van der Waals surface area (Å²) < 4.78 is 0. The van der Waals surface area contributed by atoms with Gasteiger partial charge < -0.3 is 15.6 Å². The van der Waals surface area contributed by atoms with Crippen LogP contribution in [0.5, 0.6) is 0 Å². The fourth-order valence-corrected chi connectivity index (χ4v) is 2.91. The molecular formula is C18H21N3O2. The lowest BCUT2D eigenvalue weighted by atomic mass is 10.1. The van der Waals surface area contributed by atoms with Crippen LogP contribution in [0.3, 0.4) is 0 Å². The minimum absolute atomic E-state index is 0.142. The van der Waals surface area contributed by atoms with Crippen molar-refractivity contribution in [3.05, 3.63) is 69.1 Å². The highest BCUT2D eigenvalue weighted by molar-refractivity contribution is 5.75. The van der Waals surface area contributed by atoms with Gasteiger partial charge in [-0.15, -0.1) is 0 Å². The van der Waals surface area contributed by atoms with Gasteiger partial charge >= 0.3 is 6.03 Å². The monoisotopic (exact) mass is 311 g/mol. The van der Waals surface area contributed by atoms with E-state index in [1.165, 1.54) is 5.56 Å². The van der Waals surface area contributed by atoms with Gasteiger partial charge in [0.05, 0.1) is 6.54 Å². The van der Waals surface area contributed by atoms with Crippen molar-refractivity contribution < 1.29 is 4.79 Å². The van der Waals surface area contributed by atoms with Gasteiger partial charge in [0.15, 0.2) is 0 Å². The molecule has 5 heteroatoms. The number of carbonyl (C=O) groups excluding carboxylic acids is 1. The van der Waals surface area contributed by atoms with E-state index < -0.39 is 0 Å². The largest absolute Gasteiger partial charge is 0.335 e. The van der Waals surface area contributed by atoms with E-state index >= 15 is 0 Å². The van der Waals surface area contributed by atoms with Gasteiger partial charge in [0.25, 0.3) is 5.56 Å². The lowest BCUT2D eigenvalue weighted by Gasteiger charge is -2.09. The highest BCUT2D eigenvalue weighted by Crippen LogP contribution is 2.40. The molecule has 1 aliphatic rings. The number of nitrogens with one attached hydrogen (secondary N) is 3. The number of amides is 2. The van der Waals surface area contributed by atoms with E-state index in [9.17, 15) is 9.59 Å². The van der Waals surface area contributed by atoms with Crippen LogP contribution in [0, 0.1) is 13.8 Å². The van der Waals surface area contributed by atoms with Crippen molar-refractivity contribution in [1.29, 1.82) is 0 Å². The predicted molar refractivity (Wildman–Crippen MR) is 89.5 cm³/mol. The Labute approximate surface area is 135 Å². The molecule has 2 aromatic rings. The fourth-order valence-electron chi connectivity index (χ4n) is 2.91. The van der Waals surface area contributed by atoms with E-state index in [1.807, 2.05) is 38.1 Å². The Morgan fingerprint density at radius 1 is 1.26 bits per heavy atom. The SMILES string of the molecule is Cc1cc(C)c(CNC(=O)N[C@@H]2C[C@@H]2c2ccccc2)c(=O)[nH]1. The lowest BCUT2D eigenvalue weighted by Crippen LogP contribution is -2.38. The molecule has 0 saturated heterocycles. The number of carbonyl (C=O) groups is 1. The average Bonchev–Trinajstić information content (AvgIpc) is 3.26. The standard InChI is InChI=1S/C18H21N3O2/c1-11-8-12(2)20-17(22)15(11)10-19-18(23)21-16-9-14(16)13-6-4-3-5-7-13/h3-8,14,16H,9-10H2,1-2H3,(H,20,22)(H2,19,21,23)/t14-,16-/m1/s1. The molecule has 0 spiro atoms. The molecule has 120 valence electrons. The van der Waals surface area contributed by atoms with Crippen LogP contribution in [-0.4, -0.2) is 17.1 Å². The highest BCUT2D eigenvalue weighted by atomic mass is 16.2. The summed E-state index contributed by atoms with van der Waals surface area (Å²) in [5, 5.41) is 5.73. The molecule has 1 saturated carbocycles. The predicted octanol–water partition coefficient (Wildman–Crippen LogP) is 2.35. The number of urea groups is 1. The Morgan fingerprint density at radius 3 is 2.70 bits per heavy atom. The Hall–Kier alpha value is -2.56. The van der Waals surface area contributed by atoms with E-state index in [4.69, 9.17) is 0 Å². The second-order valence-corrected chi connectivity index (χ2v) is 6.13. The van der Waals surface area contributed by atoms with Crippen LogP contribution in [0.15, 0.2) is 41.2 Å². The zero-order chi connectivity index (χ0) is 16.4. The topological polar surface area (TPSA) is 74.0 Å². The first-order chi connectivity index (χ1) is 11.0. The van der Waals surface area contributed by atoms with Crippen LogP contribution in [-0.2, 0) is 6.54 Å². The van der Waals surface area contributed by atoms with Gasteiger partial charge in [-0.3, -0.25) is 4.79 Å². The van der Waals surface area contributed by atoms with Gasteiger partial charge in [0, 0.05) is 23.2 Å². The summed E-state index contributed by atoms with van der Waals surface area (Å²) in [7, 11) is 0. The van der Waals surface area contributed by atoms with Crippen LogP contribution in [0.1, 0.15) is 34.7 Å². The van der Waals surface area contributed by atoms with E-state index in [2.05, 4.69) is 27.8 Å². The Morgan fingerprint density at radius 2 is 2.00 bits per heavy atom. The molecule has 3 N–H and O–H groups in total. The number of benzene rings is 1. The van der Waals surface area contributed by atoms with Crippen LogP contribution >= 0.6 is 0 Å². The molecule has 1 fully saturated rings. The third-order valence-electron chi connectivity index (χ3n) is 4.25. The third-order valence-corrected chi connectivity index (χ3v) is 4.25. The molecule has 0 unspecified atom stereocenters. The van der Waals surface area contributed by atoms with E-state index in [0.717, 1.165) is 17.7 Å². The van der Waals surface area contributed by atoms with E-state index in [0.29, 0.717) is 11.5 Å². The summed E-state index contributed by atoms with van der Waals surface area (Å²) in [4.78, 5) is 26.7. The summed E-state index contributed by atoms with van der Waals surface area (Å²) in [6.45, 7) is 3.95. The number of hydrogen-bond acceptors (Lipinski definition) is 2. The van der Waals surface area contributed by atoms with Gasteiger partial charge in [-0.1, -0.05) is 30.3 Å². The lowest BCUT2D eigenvalue weighted by molar-refractivity contribution is 0.240. The van der Waals surface area contributed by atoms with E-state index in [-0.39, 0.29) is 24.2 Å². The van der Waals surface area contributed by atoms with Crippen molar-refractivity contribution in [1.82, 2.24) is 15.6 Å². The highest BCUT2D eigenvalue weighted by Gasteiger charge is 2.39. The first kappa shape index (κ1) is 15.3.